The van der Waals surface area contributed by atoms with Gasteiger partial charge in [-0.3, -0.25) is 0 Å². The Morgan fingerprint density at radius 1 is 0.905 bits per heavy atom. The molecular weight excluding hydrogens is 283 g/mol. The number of hydrogen-bond acceptors (Lipinski definition) is 0. The van der Waals surface area contributed by atoms with Gasteiger partial charge in [0.05, 0.1) is 5.02 Å². The molecule has 0 bridgehead atoms. The van der Waals surface area contributed by atoms with E-state index in [1.54, 1.807) is 0 Å². The van der Waals surface area contributed by atoms with E-state index in [1.807, 2.05) is 19.1 Å². The van der Waals surface area contributed by atoms with Crippen LogP contribution in [0, 0.1) is 24.6 Å². The van der Waals surface area contributed by atoms with Gasteiger partial charge in [0.15, 0.2) is 0 Å². The van der Waals surface area contributed by atoms with Gasteiger partial charge in [-0.15, -0.1) is 0 Å². The minimum absolute atomic E-state index is 0.169. The van der Waals surface area contributed by atoms with Gasteiger partial charge < -0.3 is 0 Å². The zero-order valence-electron chi connectivity index (χ0n) is 13.0. The zero-order chi connectivity index (χ0) is 14.8. The average molecular weight is 309 g/mol. The van der Waals surface area contributed by atoms with Gasteiger partial charge in [-0.1, -0.05) is 55.8 Å². The van der Waals surface area contributed by atoms with Crippen molar-refractivity contribution in [1.29, 1.82) is 0 Å². The first-order chi connectivity index (χ1) is 10.2. The van der Waals surface area contributed by atoms with Crippen LogP contribution in [0.15, 0.2) is 12.1 Å². The minimum Gasteiger partial charge on any atom is -0.205 e. The van der Waals surface area contributed by atoms with E-state index in [0.717, 1.165) is 35.8 Å². The second-order valence-electron chi connectivity index (χ2n) is 7.11. The fraction of sp³-hybridized carbons (Fsp3) is 0.684. The van der Waals surface area contributed by atoms with Crippen LogP contribution in [-0.4, -0.2) is 0 Å². The second-order valence-corrected chi connectivity index (χ2v) is 7.49. The molecule has 116 valence electrons. The normalized spacial score (nSPS) is 27.8. The summed E-state index contributed by atoms with van der Waals surface area (Å²) in [5, 5.41) is 0.321. The van der Waals surface area contributed by atoms with Crippen molar-refractivity contribution in [2.24, 2.45) is 11.8 Å². The van der Waals surface area contributed by atoms with Crippen molar-refractivity contribution in [2.45, 2.75) is 70.6 Å². The smallest absolute Gasteiger partial charge is 0.145 e. The molecule has 0 saturated heterocycles. The van der Waals surface area contributed by atoms with Crippen LogP contribution in [0.2, 0.25) is 5.02 Å². The molecule has 0 radical (unpaired) electrons. The van der Waals surface area contributed by atoms with E-state index in [9.17, 15) is 4.39 Å². The van der Waals surface area contributed by atoms with Crippen molar-refractivity contribution in [3.05, 3.63) is 34.1 Å². The lowest BCUT2D eigenvalue weighted by Gasteiger charge is -2.36. The maximum Gasteiger partial charge on any atom is 0.145 e. The molecule has 0 heterocycles. The van der Waals surface area contributed by atoms with Crippen LogP contribution >= 0.6 is 11.6 Å². The molecule has 2 fully saturated rings. The molecule has 0 atom stereocenters. The highest BCUT2D eigenvalue weighted by molar-refractivity contribution is 6.31. The monoisotopic (exact) mass is 308 g/mol. The van der Waals surface area contributed by atoms with Gasteiger partial charge in [-0.05, 0) is 61.5 Å². The SMILES string of the molecule is Cc1ccc(C2CCC(C3CCCCC3)CC2)c(F)c1Cl. The predicted molar refractivity (Wildman–Crippen MR) is 87.4 cm³/mol. The summed E-state index contributed by atoms with van der Waals surface area (Å²) in [5.41, 5.74) is 1.70. The molecule has 0 aliphatic heterocycles. The third kappa shape index (κ3) is 3.28. The van der Waals surface area contributed by atoms with E-state index < -0.39 is 0 Å². The quantitative estimate of drug-likeness (QED) is 0.574. The third-order valence-electron chi connectivity index (χ3n) is 5.83. The minimum atomic E-state index is -0.169. The topological polar surface area (TPSA) is 0 Å². The molecule has 0 amide bonds. The molecule has 0 aromatic heterocycles. The van der Waals surface area contributed by atoms with E-state index in [4.69, 9.17) is 11.6 Å². The van der Waals surface area contributed by atoms with Crippen molar-refractivity contribution in [1.82, 2.24) is 0 Å². The number of aryl methyl sites for hydroxylation is 1. The highest BCUT2D eigenvalue weighted by Crippen LogP contribution is 2.44. The standard InChI is InChI=1S/C19H26ClF/c1-13-7-12-17(19(21)18(13)20)16-10-8-15(9-11-16)14-5-3-2-4-6-14/h7,12,14-16H,2-6,8-11H2,1H3. The Bertz CT molecular complexity index is 483. The maximum atomic E-state index is 14.4. The average Bonchev–Trinajstić information content (AvgIpc) is 2.54. The maximum absolute atomic E-state index is 14.4. The molecule has 3 rings (SSSR count). The largest absolute Gasteiger partial charge is 0.205 e. The Hall–Kier alpha value is -0.560. The van der Waals surface area contributed by atoms with Gasteiger partial charge >= 0.3 is 0 Å². The predicted octanol–water partition coefficient (Wildman–Crippen LogP) is 6.64. The summed E-state index contributed by atoms with van der Waals surface area (Å²) in [6, 6.07) is 3.93. The van der Waals surface area contributed by atoms with Crippen LogP contribution in [-0.2, 0) is 0 Å². The summed E-state index contributed by atoms with van der Waals surface area (Å²) >= 11 is 6.08. The number of benzene rings is 1. The lowest BCUT2D eigenvalue weighted by molar-refractivity contribution is 0.185. The molecule has 2 aliphatic carbocycles. The lowest BCUT2D eigenvalue weighted by atomic mass is 9.70. The van der Waals surface area contributed by atoms with Crippen LogP contribution in [0.25, 0.3) is 0 Å². The summed E-state index contributed by atoms with van der Waals surface area (Å²) in [6.07, 6.45) is 12.0. The fourth-order valence-electron chi connectivity index (χ4n) is 4.48. The molecule has 1 aromatic carbocycles. The summed E-state index contributed by atoms with van der Waals surface area (Å²) in [7, 11) is 0. The van der Waals surface area contributed by atoms with E-state index >= 15 is 0 Å². The highest BCUT2D eigenvalue weighted by Gasteiger charge is 2.30. The molecule has 2 saturated carbocycles. The van der Waals surface area contributed by atoms with Crippen LogP contribution in [0.5, 0.6) is 0 Å². The zero-order valence-corrected chi connectivity index (χ0v) is 13.8. The fourth-order valence-corrected chi connectivity index (χ4v) is 4.66. The van der Waals surface area contributed by atoms with Crippen molar-refractivity contribution in [3.63, 3.8) is 0 Å². The van der Waals surface area contributed by atoms with Crippen molar-refractivity contribution < 1.29 is 4.39 Å². The molecule has 2 aliphatic rings. The van der Waals surface area contributed by atoms with Crippen LogP contribution in [0.1, 0.15) is 74.8 Å². The van der Waals surface area contributed by atoms with E-state index in [1.165, 1.54) is 44.9 Å². The van der Waals surface area contributed by atoms with E-state index in [-0.39, 0.29) is 5.82 Å². The Balaban J connectivity index is 1.64. The van der Waals surface area contributed by atoms with Crippen molar-refractivity contribution in [2.75, 3.05) is 0 Å². The number of halogens is 2. The molecule has 2 heteroatoms. The summed E-state index contributed by atoms with van der Waals surface area (Å²) in [4.78, 5) is 0. The number of rotatable bonds is 2. The van der Waals surface area contributed by atoms with Gasteiger partial charge in [0, 0.05) is 0 Å². The van der Waals surface area contributed by atoms with Gasteiger partial charge in [-0.25, -0.2) is 4.39 Å². The van der Waals surface area contributed by atoms with Crippen LogP contribution in [0.3, 0.4) is 0 Å². The Morgan fingerprint density at radius 3 is 2.19 bits per heavy atom. The highest BCUT2D eigenvalue weighted by atomic mass is 35.5. The van der Waals surface area contributed by atoms with Gasteiger partial charge in [0.2, 0.25) is 0 Å². The third-order valence-corrected chi connectivity index (χ3v) is 6.30. The molecule has 0 nitrogen and oxygen atoms in total. The first-order valence-electron chi connectivity index (χ1n) is 8.61. The van der Waals surface area contributed by atoms with Gasteiger partial charge in [0.1, 0.15) is 5.82 Å². The molecule has 1 aromatic rings. The molecule has 0 spiro atoms. The summed E-state index contributed by atoms with van der Waals surface area (Å²) < 4.78 is 14.4. The Labute approximate surface area is 133 Å². The second kappa shape index (κ2) is 6.69. The first kappa shape index (κ1) is 15.3. The van der Waals surface area contributed by atoms with Crippen LogP contribution in [0.4, 0.5) is 4.39 Å². The summed E-state index contributed by atoms with van der Waals surface area (Å²) in [5.74, 6) is 2.05. The summed E-state index contributed by atoms with van der Waals surface area (Å²) in [6.45, 7) is 1.87. The lowest BCUT2D eigenvalue weighted by Crippen LogP contribution is -2.23. The molecule has 21 heavy (non-hydrogen) atoms. The van der Waals surface area contributed by atoms with Gasteiger partial charge in [-0.2, -0.15) is 0 Å². The Morgan fingerprint density at radius 2 is 1.52 bits per heavy atom. The molecule has 0 unspecified atom stereocenters. The van der Waals surface area contributed by atoms with E-state index in [2.05, 4.69) is 0 Å². The first-order valence-corrected chi connectivity index (χ1v) is 8.99. The van der Waals surface area contributed by atoms with Crippen molar-refractivity contribution >= 4 is 11.6 Å². The van der Waals surface area contributed by atoms with Gasteiger partial charge in [0.25, 0.3) is 0 Å². The Kier molecular flexibility index (Phi) is 4.88. The van der Waals surface area contributed by atoms with E-state index in [0.29, 0.717) is 10.9 Å². The molecular formula is C19H26ClF. The number of hydrogen-bond donors (Lipinski definition) is 0. The molecule has 0 N–H and O–H groups in total. The van der Waals surface area contributed by atoms with Crippen molar-refractivity contribution in [3.8, 4) is 0 Å². The van der Waals surface area contributed by atoms with Crippen LogP contribution < -0.4 is 0 Å².